The monoisotopic (exact) mass is 831 g/mol. The van der Waals surface area contributed by atoms with Crippen molar-refractivity contribution in [2.45, 2.75) is 89.5 Å². The predicted molar refractivity (Wildman–Crippen MR) is 206 cm³/mol. The molecule has 5 aliphatic heterocycles. The smallest absolute Gasteiger partial charge is 0.262 e. The van der Waals surface area contributed by atoms with E-state index in [4.69, 9.17) is 4.74 Å². The number of piperidine rings is 1. The van der Waals surface area contributed by atoms with E-state index in [0.717, 1.165) is 53.8 Å². The second kappa shape index (κ2) is 15.3. The molecule has 3 atom stereocenters. The lowest BCUT2D eigenvalue weighted by atomic mass is 9.66. The first-order valence-corrected chi connectivity index (χ1v) is 20.5. The quantitative estimate of drug-likeness (QED) is 0.223. The summed E-state index contributed by atoms with van der Waals surface area (Å²) in [4.78, 5) is 70.1. The first-order valence-electron chi connectivity index (χ1n) is 20.5. The molecule has 5 amide bonds. The van der Waals surface area contributed by atoms with Gasteiger partial charge in [-0.1, -0.05) is 6.07 Å². The van der Waals surface area contributed by atoms with E-state index in [1.165, 1.54) is 23.1 Å². The SMILES string of the molecule is C[C@@H]1Cc2cc(O)ccc2[C@@H](c2c(F)cc(OCC3CCC4(CC3)CN(C(=O)CN3Cc5cc6c(cc5C3)C(=O)N(C3CCC(=O)NC3=O)C6=O)C4)cc2F)N1CC(F)F. The molecule has 1 unspecified atom stereocenters. The molecule has 0 aromatic heterocycles. The van der Waals surface area contributed by atoms with Crippen molar-refractivity contribution in [3.63, 3.8) is 0 Å². The largest absolute Gasteiger partial charge is 0.508 e. The molecule has 6 aliphatic rings. The Kier molecular flexibility index (Phi) is 10.2. The number of phenols is 1. The molecule has 0 radical (unpaired) electrons. The van der Waals surface area contributed by atoms with E-state index in [9.17, 15) is 37.9 Å². The number of carbonyl (C=O) groups excluding carboxylic acids is 5. The van der Waals surface area contributed by atoms with Gasteiger partial charge in [-0.2, -0.15) is 0 Å². The lowest BCUT2D eigenvalue weighted by Crippen LogP contribution is -2.61. The van der Waals surface area contributed by atoms with Gasteiger partial charge in [-0.25, -0.2) is 17.6 Å². The molecule has 1 saturated carbocycles. The van der Waals surface area contributed by atoms with E-state index in [0.29, 0.717) is 43.7 Å². The number of amides is 5. The van der Waals surface area contributed by atoms with Gasteiger partial charge >= 0.3 is 0 Å². The molecule has 316 valence electrons. The van der Waals surface area contributed by atoms with Crippen molar-refractivity contribution in [1.82, 2.24) is 24.9 Å². The fourth-order valence-electron chi connectivity index (χ4n) is 10.3. The van der Waals surface area contributed by atoms with Crippen LogP contribution in [0.2, 0.25) is 0 Å². The maximum atomic E-state index is 15.8. The molecule has 3 aromatic rings. The Morgan fingerprint density at radius 3 is 2.18 bits per heavy atom. The minimum absolute atomic E-state index is 0.00300. The average Bonchev–Trinajstić information content (AvgIpc) is 3.68. The summed E-state index contributed by atoms with van der Waals surface area (Å²) in [5, 5.41) is 12.2. The molecule has 60 heavy (non-hydrogen) atoms. The highest BCUT2D eigenvalue weighted by atomic mass is 19.3. The van der Waals surface area contributed by atoms with Crippen molar-refractivity contribution in [3.8, 4) is 11.5 Å². The van der Waals surface area contributed by atoms with Crippen LogP contribution in [0.4, 0.5) is 17.6 Å². The van der Waals surface area contributed by atoms with Crippen LogP contribution in [0.15, 0.2) is 42.5 Å². The van der Waals surface area contributed by atoms with Crippen LogP contribution in [0.1, 0.15) is 100 Å². The van der Waals surface area contributed by atoms with Crippen LogP contribution < -0.4 is 10.1 Å². The summed E-state index contributed by atoms with van der Waals surface area (Å²) in [7, 11) is 0. The molecule has 5 heterocycles. The molecule has 16 heteroatoms. The predicted octanol–water partition coefficient (Wildman–Crippen LogP) is 5.09. The van der Waals surface area contributed by atoms with Gasteiger partial charge in [0.2, 0.25) is 17.7 Å². The van der Waals surface area contributed by atoms with E-state index in [2.05, 4.69) is 5.32 Å². The Balaban J connectivity index is 0.761. The number of benzene rings is 3. The van der Waals surface area contributed by atoms with Gasteiger partial charge in [-0.15, -0.1) is 0 Å². The molecular weight excluding hydrogens is 787 g/mol. The minimum Gasteiger partial charge on any atom is -0.508 e. The topological polar surface area (TPSA) is 140 Å². The molecule has 1 spiro atoms. The van der Waals surface area contributed by atoms with Crippen molar-refractivity contribution in [1.29, 1.82) is 0 Å². The molecule has 2 saturated heterocycles. The van der Waals surface area contributed by atoms with Crippen LogP contribution >= 0.6 is 0 Å². The minimum atomic E-state index is -2.72. The summed E-state index contributed by atoms with van der Waals surface area (Å²) < 4.78 is 65.0. The van der Waals surface area contributed by atoms with Gasteiger partial charge in [0.15, 0.2) is 0 Å². The zero-order valence-electron chi connectivity index (χ0n) is 33.0. The Labute approximate surface area is 343 Å². The highest BCUT2D eigenvalue weighted by molar-refractivity contribution is 6.23. The average molecular weight is 832 g/mol. The van der Waals surface area contributed by atoms with Crippen molar-refractivity contribution in [3.05, 3.63) is 93.0 Å². The Bertz CT molecular complexity index is 2240. The summed E-state index contributed by atoms with van der Waals surface area (Å²) in [5.74, 6) is -3.85. The number of alkyl halides is 2. The van der Waals surface area contributed by atoms with Crippen molar-refractivity contribution in [2.24, 2.45) is 11.3 Å². The number of hydrogen-bond donors (Lipinski definition) is 2. The van der Waals surface area contributed by atoms with E-state index >= 15 is 8.78 Å². The third-order valence-corrected chi connectivity index (χ3v) is 13.5. The van der Waals surface area contributed by atoms with Gasteiger partial charge in [0.05, 0.1) is 36.9 Å². The summed E-state index contributed by atoms with van der Waals surface area (Å²) in [5.41, 5.74) is 2.92. The lowest BCUT2D eigenvalue weighted by Gasteiger charge is -2.53. The van der Waals surface area contributed by atoms with Gasteiger partial charge in [-0.05, 0) is 97.9 Å². The van der Waals surface area contributed by atoms with E-state index in [-0.39, 0.29) is 71.4 Å². The van der Waals surface area contributed by atoms with Gasteiger partial charge in [0.25, 0.3) is 18.2 Å². The molecule has 3 fully saturated rings. The number of ether oxygens (including phenoxy) is 1. The maximum absolute atomic E-state index is 15.8. The number of likely N-dealkylation sites (tertiary alicyclic amines) is 1. The molecule has 12 nitrogen and oxygen atoms in total. The summed E-state index contributed by atoms with van der Waals surface area (Å²) >= 11 is 0. The second-order valence-corrected chi connectivity index (χ2v) is 17.5. The van der Waals surface area contributed by atoms with Crippen LogP contribution in [-0.4, -0.2) is 106 Å². The number of fused-ring (bicyclic) bond motifs is 3. The number of nitrogens with zero attached hydrogens (tertiary/aromatic N) is 4. The van der Waals surface area contributed by atoms with Crippen molar-refractivity contribution >= 4 is 29.5 Å². The van der Waals surface area contributed by atoms with Crippen molar-refractivity contribution < 1.29 is 51.4 Å². The highest BCUT2D eigenvalue weighted by Crippen LogP contribution is 2.47. The number of halogens is 4. The fraction of sp³-hybridized carbons (Fsp3) is 0.477. The number of nitrogens with one attached hydrogen (secondary N) is 1. The number of hydrogen-bond acceptors (Lipinski definition) is 9. The Morgan fingerprint density at radius 2 is 1.57 bits per heavy atom. The maximum Gasteiger partial charge on any atom is 0.262 e. The molecule has 0 bridgehead atoms. The summed E-state index contributed by atoms with van der Waals surface area (Å²) in [6.45, 7) is 3.63. The van der Waals surface area contributed by atoms with Gasteiger partial charge in [0, 0.05) is 61.8 Å². The van der Waals surface area contributed by atoms with E-state index < -0.39 is 66.4 Å². The number of aromatic hydroxyl groups is 1. The van der Waals surface area contributed by atoms with Crippen LogP contribution in [0, 0.1) is 23.0 Å². The van der Waals surface area contributed by atoms with E-state index in [1.807, 2.05) is 9.80 Å². The van der Waals surface area contributed by atoms with Crippen LogP contribution in [-0.2, 0) is 33.9 Å². The fourth-order valence-corrected chi connectivity index (χ4v) is 10.3. The second-order valence-electron chi connectivity index (χ2n) is 17.5. The summed E-state index contributed by atoms with van der Waals surface area (Å²) in [6.07, 6.45) is 1.15. The zero-order chi connectivity index (χ0) is 42.2. The standard InChI is InChI=1S/C44H45F4N5O7/c1-23-10-25-11-28(54)2-3-30(25)40(52(23)18-36(47)48)39-33(45)14-29(15-34(39)46)60-20-24-6-8-44(9-7-24)21-51(22-44)38(56)19-50-16-26-12-31-32(13-27(26)17-50)43(59)53(42(31)58)35-4-5-37(55)49-41(35)57/h2-3,11-15,23-24,35-36,40,54H,4-10,16-22H2,1H3,(H,49,55,57)/t23-,35?,40+/m1/s1. The highest BCUT2D eigenvalue weighted by Gasteiger charge is 2.48. The number of carbonyl (C=O) groups is 5. The molecule has 3 aromatic carbocycles. The van der Waals surface area contributed by atoms with Gasteiger partial charge in [0.1, 0.15) is 29.2 Å². The normalized spacial score (nSPS) is 24.1. The number of rotatable bonds is 9. The third-order valence-electron chi connectivity index (χ3n) is 13.5. The van der Waals surface area contributed by atoms with Crippen LogP contribution in [0.25, 0.3) is 0 Å². The molecule has 1 aliphatic carbocycles. The van der Waals surface area contributed by atoms with E-state index in [1.54, 1.807) is 19.1 Å². The molecule has 9 rings (SSSR count). The molecule has 2 N–H and O–H groups in total. The summed E-state index contributed by atoms with van der Waals surface area (Å²) in [6, 6.07) is 7.42. The Hall–Kier alpha value is -5.35. The zero-order valence-corrected chi connectivity index (χ0v) is 33.0. The lowest BCUT2D eigenvalue weighted by molar-refractivity contribution is -0.148. The Morgan fingerprint density at radius 1 is 0.917 bits per heavy atom. The number of imide groups is 2. The van der Waals surface area contributed by atoms with Gasteiger partial charge in [-0.3, -0.25) is 44.0 Å². The number of phenolic OH excluding ortho intramolecular Hbond substituents is 1. The first kappa shape index (κ1) is 40.1. The van der Waals surface area contributed by atoms with Crippen LogP contribution in [0.3, 0.4) is 0 Å². The third kappa shape index (κ3) is 7.20. The first-order chi connectivity index (χ1) is 28.7. The van der Waals surface area contributed by atoms with Crippen molar-refractivity contribution in [2.75, 3.05) is 32.8 Å². The molecular formula is C44H45F4N5O7. The van der Waals surface area contributed by atoms with Crippen LogP contribution in [0.5, 0.6) is 11.5 Å². The van der Waals surface area contributed by atoms with Gasteiger partial charge < -0.3 is 14.7 Å².